The van der Waals surface area contributed by atoms with Crippen LogP contribution in [0.4, 0.5) is 0 Å². The molecule has 0 bridgehead atoms. The van der Waals surface area contributed by atoms with Crippen LogP contribution in [0.15, 0.2) is 41.7 Å². The van der Waals surface area contributed by atoms with Gasteiger partial charge in [0.1, 0.15) is 17.2 Å². The van der Waals surface area contributed by atoms with Gasteiger partial charge in [0.2, 0.25) is 0 Å². The maximum Gasteiger partial charge on any atom is 0.115 e. The number of nitriles is 2. The van der Waals surface area contributed by atoms with Gasteiger partial charge < -0.3 is 4.40 Å². The highest BCUT2D eigenvalue weighted by Crippen LogP contribution is 2.29. The monoisotopic (exact) mass is 318 g/mol. The number of rotatable bonds is 3. The van der Waals surface area contributed by atoms with E-state index in [2.05, 4.69) is 17.1 Å². The molecule has 0 atom stereocenters. The summed E-state index contributed by atoms with van der Waals surface area (Å²) in [5.74, 6) is 0.606. The Labute approximate surface area is 139 Å². The van der Waals surface area contributed by atoms with E-state index in [4.69, 9.17) is 0 Å². The van der Waals surface area contributed by atoms with Gasteiger partial charge in [-0.1, -0.05) is 6.07 Å². The molecule has 23 heavy (non-hydrogen) atoms. The second-order valence-electron chi connectivity index (χ2n) is 5.30. The van der Waals surface area contributed by atoms with E-state index in [9.17, 15) is 10.5 Å². The molecule has 3 aromatic rings. The lowest BCUT2D eigenvalue weighted by atomic mass is 10.1. The lowest BCUT2D eigenvalue weighted by Gasteiger charge is -2.06. The summed E-state index contributed by atoms with van der Waals surface area (Å²) in [5, 5.41) is 19.5. The molecule has 0 aromatic carbocycles. The first-order valence-electron chi connectivity index (χ1n) is 7.14. The number of fused-ring (bicyclic) bond motifs is 1. The van der Waals surface area contributed by atoms with Crippen molar-refractivity contribution in [2.75, 3.05) is 0 Å². The first-order valence-corrected chi connectivity index (χ1v) is 8.12. The van der Waals surface area contributed by atoms with Crippen molar-refractivity contribution in [3.63, 3.8) is 0 Å². The molecule has 0 spiro atoms. The Balaban J connectivity index is 1.96. The molecule has 5 heteroatoms. The zero-order chi connectivity index (χ0) is 16.4. The molecule has 4 nitrogen and oxygen atoms in total. The van der Waals surface area contributed by atoms with Gasteiger partial charge in [-0.15, -0.1) is 11.8 Å². The summed E-state index contributed by atoms with van der Waals surface area (Å²) in [4.78, 5) is 4.48. The Kier molecular flexibility index (Phi) is 4.06. The second-order valence-corrected chi connectivity index (χ2v) is 6.26. The third kappa shape index (κ3) is 2.79. The molecule has 0 amide bonds. The SMILES string of the molecule is Cc1cc(C)c(C#N)c(SCc2cn3ccccc3c2C#N)n1. The molecule has 0 radical (unpaired) electrons. The van der Waals surface area contributed by atoms with Crippen molar-refractivity contribution >= 4 is 17.3 Å². The molecule has 112 valence electrons. The molecule has 0 unspecified atom stereocenters. The molecular formula is C18H14N4S. The summed E-state index contributed by atoms with van der Waals surface area (Å²) >= 11 is 1.50. The highest BCUT2D eigenvalue weighted by molar-refractivity contribution is 7.98. The van der Waals surface area contributed by atoms with Crippen molar-refractivity contribution in [2.24, 2.45) is 0 Å². The van der Waals surface area contributed by atoms with Gasteiger partial charge >= 0.3 is 0 Å². The Hall–Kier alpha value is -2.76. The molecule has 0 aliphatic carbocycles. The van der Waals surface area contributed by atoms with Gasteiger partial charge in [-0.3, -0.25) is 0 Å². The van der Waals surface area contributed by atoms with Crippen molar-refractivity contribution in [2.45, 2.75) is 24.6 Å². The van der Waals surface area contributed by atoms with Crippen LogP contribution in [0.25, 0.3) is 5.52 Å². The van der Waals surface area contributed by atoms with Crippen LogP contribution < -0.4 is 0 Å². The van der Waals surface area contributed by atoms with E-state index in [1.807, 2.05) is 54.9 Å². The van der Waals surface area contributed by atoms with E-state index in [0.717, 1.165) is 27.4 Å². The maximum atomic E-state index is 9.45. The first-order chi connectivity index (χ1) is 11.1. The number of hydrogen-bond donors (Lipinski definition) is 0. The van der Waals surface area contributed by atoms with Crippen LogP contribution in [-0.2, 0) is 5.75 Å². The third-order valence-electron chi connectivity index (χ3n) is 3.66. The number of thioether (sulfide) groups is 1. The third-order valence-corrected chi connectivity index (χ3v) is 4.69. The van der Waals surface area contributed by atoms with Gasteiger partial charge in [-0.2, -0.15) is 10.5 Å². The molecule has 0 saturated heterocycles. The maximum absolute atomic E-state index is 9.45. The van der Waals surface area contributed by atoms with E-state index in [0.29, 0.717) is 16.9 Å². The number of aryl methyl sites for hydroxylation is 2. The Bertz CT molecular complexity index is 973. The molecular weight excluding hydrogens is 304 g/mol. The van der Waals surface area contributed by atoms with E-state index in [1.54, 1.807) is 0 Å². The van der Waals surface area contributed by atoms with Crippen LogP contribution in [0.1, 0.15) is 27.9 Å². The van der Waals surface area contributed by atoms with Crippen molar-refractivity contribution in [3.05, 3.63) is 64.6 Å². The normalized spacial score (nSPS) is 10.4. The largest absolute Gasteiger partial charge is 0.322 e. The van der Waals surface area contributed by atoms with Gasteiger partial charge in [-0.05, 0) is 43.2 Å². The van der Waals surface area contributed by atoms with Gasteiger partial charge in [0.05, 0.1) is 16.6 Å². The lowest BCUT2D eigenvalue weighted by Crippen LogP contribution is -1.95. The molecule has 0 aliphatic rings. The van der Waals surface area contributed by atoms with Crippen LogP contribution in [0.3, 0.4) is 0 Å². The summed E-state index contributed by atoms with van der Waals surface area (Å²) in [6, 6.07) is 12.2. The number of hydrogen-bond acceptors (Lipinski definition) is 4. The fourth-order valence-corrected chi connectivity index (χ4v) is 3.68. The van der Waals surface area contributed by atoms with Gasteiger partial charge in [0, 0.05) is 23.8 Å². The smallest absolute Gasteiger partial charge is 0.115 e. The fraction of sp³-hybridized carbons (Fsp3) is 0.167. The first kappa shape index (κ1) is 15.1. The zero-order valence-electron chi connectivity index (χ0n) is 12.9. The summed E-state index contributed by atoms with van der Waals surface area (Å²) in [5.41, 5.74) is 4.98. The van der Waals surface area contributed by atoms with Crippen LogP contribution in [0, 0.1) is 36.5 Å². The number of pyridine rings is 2. The van der Waals surface area contributed by atoms with Crippen LogP contribution in [0.2, 0.25) is 0 Å². The number of aromatic nitrogens is 2. The minimum atomic E-state index is 0.606. The molecule has 3 heterocycles. The summed E-state index contributed by atoms with van der Waals surface area (Å²) in [7, 11) is 0. The summed E-state index contributed by atoms with van der Waals surface area (Å²) in [6.45, 7) is 3.84. The van der Waals surface area contributed by atoms with Crippen LogP contribution in [0.5, 0.6) is 0 Å². The van der Waals surface area contributed by atoms with E-state index in [-0.39, 0.29) is 0 Å². The van der Waals surface area contributed by atoms with Gasteiger partial charge in [-0.25, -0.2) is 4.98 Å². The lowest BCUT2D eigenvalue weighted by molar-refractivity contribution is 1.03. The predicted molar refractivity (Wildman–Crippen MR) is 90.1 cm³/mol. The molecule has 0 N–H and O–H groups in total. The molecule has 3 rings (SSSR count). The van der Waals surface area contributed by atoms with Crippen molar-refractivity contribution in [3.8, 4) is 12.1 Å². The predicted octanol–water partition coefficient (Wildman–Crippen LogP) is 3.99. The van der Waals surface area contributed by atoms with Crippen LogP contribution in [-0.4, -0.2) is 9.38 Å². The second kappa shape index (κ2) is 6.16. The van der Waals surface area contributed by atoms with E-state index >= 15 is 0 Å². The Morgan fingerprint density at radius 3 is 2.70 bits per heavy atom. The molecule has 0 aliphatic heterocycles. The topological polar surface area (TPSA) is 64.9 Å². The molecule has 0 fully saturated rings. The average molecular weight is 318 g/mol. The van der Waals surface area contributed by atoms with E-state index in [1.165, 1.54) is 11.8 Å². The minimum Gasteiger partial charge on any atom is -0.322 e. The Morgan fingerprint density at radius 2 is 1.96 bits per heavy atom. The highest BCUT2D eigenvalue weighted by atomic mass is 32.2. The Morgan fingerprint density at radius 1 is 1.17 bits per heavy atom. The zero-order valence-corrected chi connectivity index (χ0v) is 13.7. The van der Waals surface area contributed by atoms with Gasteiger partial charge in [0.15, 0.2) is 0 Å². The average Bonchev–Trinajstić information content (AvgIpc) is 2.89. The van der Waals surface area contributed by atoms with Crippen molar-refractivity contribution < 1.29 is 0 Å². The summed E-state index contributed by atoms with van der Waals surface area (Å²) in [6.07, 6.45) is 3.90. The standard InChI is InChI=1S/C18H14N4S/c1-12-7-13(2)21-18(15(12)8-19)23-11-14-10-22-6-4-3-5-17(22)16(14)9-20/h3-7,10H,11H2,1-2H3. The van der Waals surface area contributed by atoms with Crippen molar-refractivity contribution in [1.29, 1.82) is 10.5 Å². The van der Waals surface area contributed by atoms with Gasteiger partial charge in [0.25, 0.3) is 0 Å². The van der Waals surface area contributed by atoms with Crippen LogP contribution >= 0.6 is 11.8 Å². The molecule has 3 aromatic heterocycles. The number of nitrogens with zero attached hydrogens (tertiary/aromatic N) is 4. The highest BCUT2D eigenvalue weighted by Gasteiger charge is 2.13. The molecule has 0 saturated carbocycles. The minimum absolute atomic E-state index is 0.606. The fourth-order valence-electron chi connectivity index (χ4n) is 2.61. The quantitative estimate of drug-likeness (QED) is 0.685. The van der Waals surface area contributed by atoms with Crippen molar-refractivity contribution in [1.82, 2.24) is 9.38 Å². The van der Waals surface area contributed by atoms with E-state index < -0.39 is 0 Å². The summed E-state index contributed by atoms with van der Waals surface area (Å²) < 4.78 is 1.95.